The SMILES string of the molecule is CC(C)c1ccc(S(=O)(=O)Nc2c(F)c(F)c(O)c(F)c2F)cc1. The largest absolute Gasteiger partial charge is 0.503 e. The number of anilines is 1. The molecule has 9 heteroatoms. The van der Waals surface area contributed by atoms with Crippen molar-refractivity contribution in [2.75, 3.05) is 4.72 Å². The molecule has 0 saturated carbocycles. The Hall–Kier alpha value is -2.29. The third kappa shape index (κ3) is 3.16. The Morgan fingerprint density at radius 3 is 1.79 bits per heavy atom. The van der Waals surface area contributed by atoms with Crippen LogP contribution in [0, 0.1) is 23.3 Å². The van der Waals surface area contributed by atoms with Crippen molar-refractivity contribution in [2.24, 2.45) is 0 Å². The first kappa shape index (κ1) is 18.1. The second-order valence-electron chi connectivity index (χ2n) is 5.31. The predicted octanol–water partition coefficient (Wildman–Crippen LogP) is 3.87. The molecule has 0 aliphatic carbocycles. The van der Waals surface area contributed by atoms with Crippen molar-refractivity contribution in [3.05, 3.63) is 53.1 Å². The number of phenols is 1. The van der Waals surface area contributed by atoms with Gasteiger partial charge in [0.1, 0.15) is 5.69 Å². The van der Waals surface area contributed by atoms with Crippen molar-refractivity contribution in [1.82, 2.24) is 0 Å². The zero-order chi connectivity index (χ0) is 18.2. The van der Waals surface area contributed by atoms with Crippen LogP contribution < -0.4 is 4.72 Å². The molecule has 130 valence electrons. The van der Waals surface area contributed by atoms with Crippen molar-refractivity contribution in [1.29, 1.82) is 0 Å². The maximum atomic E-state index is 13.7. The van der Waals surface area contributed by atoms with Crippen molar-refractivity contribution in [3.8, 4) is 5.75 Å². The maximum Gasteiger partial charge on any atom is 0.262 e. The molecule has 0 spiro atoms. The maximum absolute atomic E-state index is 13.7. The molecule has 2 N–H and O–H groups in total. The normalized spacial score (nSPS) is 11.8. The van der Waals surface area contributed by atoms with Crippen molar-refractivity contribution >= 4 is 15.7 Å². The van der Waals surface area contributed by atoms with E-state index in [4.69, 9.17) is 5.11 Å². The van der Waals surface area contributed by atoms with E-state index in [2.05, 4.69) is 0 Å². The minimum Gasteiger partial charge on any atom is -0.503 e. The summed E-state index contributed by atoms with van der Waals surface area (Å²) >= 11 is 0. The number of sulfonamides is 1. The van der Waals surface area contributed by atoms with Crippen LogP contribution in [0.4, 0.5) is 23.2 Å². The van der Waals surface area contributed by atoms with Crippen LogP contribution in [0.1, 0.15) is 25.3 Å². The lowest BCUT2D eigenvalue weighted by Gasteiger charge is -2.12. The summed E-state index contributed by atoms with van der Waals surface area (Å²) in [5, 5.41) is 8.88. The second kappa shape index (κ2) is 6.31. The van der Waals surface area contributed by atoms with E-state index in [1.54, 1.807) is 0 Å². The molecule has 0 saturated heterocycles. The van der Waals surface area contributed by atoms with Crippen LogP contribution in [-0.2, 0) is 10.0 Å². The summed E-state index contributed by atoms with van der Waals surface area (Å²) in [7, 11) is -4.49. The lowest BCUT2D eigenvalue weighted by atomic mass is 10.0. The molecular formula is C15H13F4NO3S. The monoisotopic (exact) mass is 363 g/mol. The highest BCUT2D eigenvalue weighted by molar-refractivity contribution is 7.92. The summed E-state index contributed by atoms with van der Waals surface area (Å²) in [6.45, 7) is 3.77. The Kier molecular flexibility index (Phi) is 4.75. The first-order valence-corrected chi connectivity index (χ1v) is 8.22. The van der Waals surface area contributed by atoms with E-state index in [0.29, 0.717) is 0 Å². The van der Waals surface area contributed by atoms with E-state index in [9.17, 15) is 26.0 Å². The average Bonchev–Trinajstić information content (AvgIpc) is 2.55. The first-order chi connectivity index (χ1) is 11.1. The van der Waals surface area contributed by atoms with Gasteiger partial charge in [-0.05, 0) is 23.6 Å². The van der Waals surface area contributed by atoms with E-state index in [0.717, 1.165) is 5.56 Å². The molecule has 4 nitrogen and oxygen atoms in total. The van der Waals surface area contributed by atoms with E-state index < -0.39 is 44.7 Å². The van der Waals surface area contributed by atoms with Crippen molar-refractivity contribution in [2.45, 2.75) is 24.7 Å². The summed E-state index contributed by atoms with van der Waals surface area (Å²) in [5.41, 5.74) is -0.719. The number of halogens is 4. The zero-order valence-corrected chi connectivity index (χ0v) is 13.4. The lowest BCUT2D eigenvalue weighted by molar-refractivity contribution is 0.359. The van der Waals surface area contributed by atoms with Crippen LogP contribution in [0.5, 0.6) is 5.75 Å². The van der Waals surface area contributed by atoms with E-state index in [1.807, 2.05) is 13.8 Å². The minimum atomic E-state index is -4.49. The van der Waals surface area contributed by atoms with Gasteiger partial charge >= 0.3 is 0 Å². The molecule has 0 heterocycles. The topological polar surface area (TPSA) is 66.4 Å². The number of phenolic OH excluding ortho intramolecular Hbond substituents is 1. The Morgan fingerprint density at radius 2 is 1.38 bits per heavy atom. The molecule has 2 rings (SSSR count). The molecule has 0 aliphatic heterocycles. The van der Waals surface area contributed by atoms with Gasteiger partial charge in [-0.2, -0.15) is 8.78 Å². The Bertz CT molecular complexity index is 852. The van der Waals surface area contributed by atoms with Crippen LogP contribution in [0.25, 0.3) is 0 Å². The van der Waals surface area contributed by atoms with Crippen LogP contribution in [0.3, 0.4) is 0 Å². The van der Waals surface area contributed by atoms with Gasteiger partial charge in [0, 0.05) is 0 Å². The molecule has 24 heavy (non-hydrogen) atoms. The molecule has 0 aromatic heterocycles. The average molecular weight is 363 g/mol. The summed E-state index contributed by atoms with van der Waals surface area (Å²) in [5.74, 6) is -10.0. The molecular weight excluding hydrogens is 350 g/mol. The van der Waals surface area contributed by atoms with E-state index in [-0.39, 0.29) is 10.8 Å². The van der Waals surface area contributed by atoms with Crippen molar-refractivity contribution < 1.29 is 31.1 Å². The van der Waals surface area contributed by atoms with Gasteiger partial charge in [0.2, 0.25) is 11.6 Å². The van der Waals surface area contributed by atoms with Gasteiger partial charge in [0.25, 0.3) is 10.0 Å². The number of nitrogens with one attached hydrogen (secondary N) is 1. The number of benzene rings is 2. The summed E-state index contributed by atoms with van der Waals surface area (Å²) in [6.07, 6.45) is 0. The predicted molar refractivity (Wildman–Crippen MR) is 79.3 cm³/mol. The van der Waals surface area contributed by atoms with E-state index in [1.165, 1.54) is 29.0 Å². The third-order valence-electron chi connectivity index (χ3n) is 3.33. The van der Waals surface area contributed by atoms with Crippen LogP contribution in [0.15, 0.2) is 29.2 Å². The van der Waals surface area contributed by atoms with Gasteiger partial charge in [0.15, 0.2) is 17.4 Å². The number of rotatable bonds is 4. The number of hydrogen-bond acceptors (Lipinski definition) is 3. The quantitative estimate of drug-likeness (QED) is 0.492. The van der Waals surface area contributed by atoms with Gasteiger partial charge in [-0.3, -0.25) is 4.72 Å². The molecule has 2 aromatic carbocycles. The fourth-order valence-electron chi connectivity index (χ4n) is 1.93. The first-order valence-electron chi connectivity index (χ1n) is 6.74. The Morgan fingerprint density at radius 1 is 0.917 bits per heavy atom. The van der Waals surface area contributed by atoms with Gasteiger partial charge in [-0.1, -0.05) is 26.0 Å². The van der Waals surface area contributed by atoms with Gasteiger partial charge < -0.3 is 5.11 Å². The number of hydrogen-bond donors (Lipinski definition) is 2. The smallest absolute Gasteiger partial charge is 0.262 e. The Labute approximate surface area is 135 Å². The van der Waals surface area contributed by atoms with E-state index >= 15 is 0 Å². The fourth-order valence-corrected chi connectivity index (χ4v) is 3.00. The van der Waals surface area contributed by atoms with Gasteiger partial charge in [0.05, 0.1) is 4.90 Å². The van der Waals surface area contributed by atoms with Crippen LogP contribution in [-0.4, -0.2) is 13.5 Å². The highest BCUT2D eigenvalue weighted by Gasteiger charge is 2.28. The highest BCUT2D eigenvalue weighted by Crippen LogP contribution is 2.33. The molecule has 0 radical (unpaired) electrons. The third-order valence-corrected chi connectivity index (χ3v) is 4.70. The van der Waals surface area contributed by atoms with Crippen LogP contribution in [0.2, 0.25) is 0 Å². The number of aromatic hydroxyl groups is 1. The van der Waals surface area contributed by atoms with Gasteiger partial charge in [-0.25, -0.2) is 17.2 Å². The highest BCUT2D eigenvalue weighted by atomic mass is 32.2. The van der Waals surface area contributed by atoms with Crippen LogP contribution >= 0.6 is 0 Å². The molecule has 0 unspecified atom stereocenters. The summed E-state index contributed by atoms with van der Waals surface area (Å²) < 4.78 is 79.6. The van der Waals surface area contributed by atoms with Crippen molar-refractivity contribution in [3.63, 3.8) is 0 Å². The molecule has 0 amide bonds. The summed E-state index contributed by atoms with van der Waals surface area (Å²) in [4.78, 5) is -0.348. The molecule has 0 atom stereocenters. The molecule has 0 bridgehead atoms. The molecule has 2 aromatic rings. The molecule has 0 aliphatic rings. The lowest BCUT2D eigenvalue weighted by Crippen LogP contribution is -2.16. The fraction of sp³-hybridized carbons (Fsp3) is 0.200. The van der Waals surface area contributed by atoms with Gasteiger partial charge in [-0.15, -0.1) is 0 Å². The standard InChI is InChI=1S/C15H13F4NO3S/c1-7(2)8-3-5-9(6-4-8)24(22,23)20-14-10(16)12(18)15(21)13(19)11(14)17/h3-7,20-21H,1-2H3. The molecule has 0 fully saturated rings. The Balaban J connectivity index is 2.47. The minimum absolute atomic E-state index is 0.130. The zero-order valence-electron chi connectivity index (χ0n) is 12.6. The summed E-state index contributed by atoms with van der Waals surface area (Å²) in [6, 6.07) is 5.40. The second-order valence-corrected chi connectivity index (χ2v) is 6.99.